The molecule has 0 aliphatic heterocycles. The lowest BCUT2D eigenvalue weighted by Crippen LogP contribution is -2.11. The Kier molecular flexibility index (Phi) is 4.42. The van der Waals surface area contributed by atoms with Crippen LogP contribution in [0.15, 0.2) is 40.2 Å². The maximum absolute atomic E-state index is 12.1. The van der Waals surface area contributed by atoms with Crippen LogP contribution in [0.5, 0.6) is 0 Å². The highest BCUT2D eigenvalue weighted by Gasteiger charge is 2.14. The number of carbonyl (C=O) groups excluding carboxylic acids is 1. The van der Waals surface area contributed by atoms with Crippen LogP contribution in [-0.4, -0.2) is 16.5 Å². The third-order valence-corrected chi connectivity index (χ3v) is 4.78. The van der Waals surface area contributed by atoms with Crippen molar-refractivity contribution in [2.45, 2.75) is 30.5 Å². The van der Waals surface area contributed by atoms with Crippen molar-refractivity contribution in [2.24, 2.45) is 0 Å². The van der Waals surface area contributed by atoms with Crippen molar-refractivity contribution in [1.82, 2.24) is 4.98 Å². The van der Waals surface area contributed by atoms with Gasteiger partial charge in [-0.25, -0.2) is 4.98 Å². The van der Waals surface area contributed by atoms with Gasteiger partial charge in [0.2, 0.25) is 0 Å². The summed E-state index contributed by atoms with van der Waals surface area (Å²) in [6.07, 6.45) is 1.76. The Morgan fingerprint density at radius 2 is 1.95 bits per heavy atom. The molecule has 2 nitrogen and oxygen atoms in total. The van der Waals surface area contributed by atoms with Gasteiger partial charge in [0.15, 0.2) is 5.78 Å². The molecular formula is C15H17NOS2. The number of Topliss-reactive ketones (excluding diaryl/α,β-unsaturated/α-hetero) is 1. The van der Waals surface area contributed by atoms with Crippen molar-refractivity contribution < 1.29 is 4.79 Å². The van der Waals surface area contributed by atoms with Crippen LogP contribution in [0.2, 0.25) is 0 Å². The van der Waals surface area contributed by atoms with Crippen molar-refractivity contribution in [3.8, 4) is 0 Å². The molecule has 0 aliphatic carbocycles. The summed E-state index contributed by atoms with van der Waals surface area (Å²) in [6.45, 7) is 6.51. The van der Waals surface area contributed by atoms with Crippen molar-refractivity contribution in [3.63, 3.8) is 0 Å². The summed E-state index contributed by atoms with van der Waals surface area (Å²) in [5.41, 5.74) is 2.14. The van der Waals surface area contributed by atoms with Gasteiger partial charge in [-0.1, -0.05) is 56.8 Å². The van der Waals surface area contributed by atoms with Gasteiger partial charge in [-0.05, 0) is 11.0 Å². The van der Waals surface area contributed by atoms with E-state index in [4.69, 9.17) is 0 Å². The number of nitrogens with zero attached hydrogens (tertiary/aromatic N) is 1. The molecule has 2 aromatic rings. The third-order valence-electron chi connectivity index (χ3n) is 2.81. The summed E-state index contributed by atoms with van der Waals surface area (Å²) < 4.78 is 0.944. The Balaban J connectivity index is 2.00. The average molecular weight is 291 g/mol. The van der Waals surface area contributed by atoms with E-state index in [0.717, 1.165) is 9.90 Å². The Bertz CT molecular complexity index is 539. The van der Waals surface area contributed by atoms with Crippen LogP contribution in [0.25, 0.3) is 0 Å². The molecule has 0 saturated heterocycles. The molecule has 19 heavy (non-hydrogen) atoms. The highest BCUT2D eigenvalue weighted by molar-refractivity contribution is 8.01. The Hall–Kier alpha value is -1.13. The maximum atomic E-state index is 12.1. The molecule has 1 aromatic carbocycles. The second-order valence-electron chi connectivity index (χ2n) is 5.34. The number of hydrogen-bond donors (Lipinski definition) is 0. The molecule has 0 unspecified atom stereocenters. The first-order chi connectivity index (χ1) is 8.97. The van der Waals surface area contributed by atoms with Crippen LogP contribution in [-0.2, 0) is 5.41 Å². The van der Waals surface area contributed by atoms with Gasteiger partial charge >= 0.3 is 0 Å². The quantitative estimate of drug-likeness (QED) is 0.617. The second-order valence-corrected chi connectivity index (χ2v) is 7.45. The number of hydrogen-bond acceptors (Lipinski definition) is 4. The molecule has 0 radical (unpaired) electrons. The molecule has 0 spiro atoms. The van der Waals surface area contributed by atoms with Gasteiger partial charge in [0.1, 0.15) is 4.34 Å². The number of thiazole rings is 1. The number of carbonyl (C=O) groups is 1. The van der Waals surface area contributed by atoms with Crippen molar-refractivity contribution in [1.29, 1.82) is 0 Å². The molecule has 0 amide bonds. The summed E-state index contributed by atoms with van der Waals surface area (Å²) in [6, 6.07) is 7.93. The Morgan fingerprint density at radius 1 is 1.26 bits per heavy atom. The number of aromatic nitrogens is 1. The molecule has 0 N–H and O–H groups in total. The molecule has 2 rings (SSSR count). The van der Waals surface area contributed by atoms with E-state index < -0.39 is 0 Å². The molecule has 100 valence electrons. The van der Waals surface area contributed by atoms with E-state index in [-0.39, 0.29) is 11.2 Å². The lowest BCUT2D eigenvalue weighted by Gasteiger charge is -2.18. The topological polar surface area (TPSA) is 30.0 Å². The highest BCUT2D eigenvalue weighted by Crippen LogP contribution is 2.24. The van der Waals surface area contributed by atoms with Crippen molar-refractivity contribution in [3.05, 3.63) is 47.0 Å². The number of rotatable bonds is 4. The van der Waals surface area contributed by atoms with Gasteiger partial charge in [0, 0.05) is 17.1 Å². The fourth-order valence-corrected chi connectivity index (χ4v) is 3.18. The van der Waals surface area contributed by atoms with E-state index in [0.29, 0.717) is 5.75 Å². The molecule has 0 atom stereocenters. The van der Waals surface area contributed by atoms with Gasteiger partial charge in [-0.2, -0.15) is 0 Å². The summed E-state index contributed by atoms with van der Waals surface area (Å²) in [5, 5.41) is 1.92. The van der Waals surface area contributed by atoms with Crippen molar-refractivity contribution >= 4 is 28.9 Å². The zero-order chi connectivity index (χ0) is 13.9. The van der Waals surface area contributed by atoms with E-state index in [9.17, 15) is 4.79 Å². The third kappa shape index (κ3) is 3.91. The molecule has 0 aliphatic rings. The first-order valence-corrected chi connectivity index (χ1v) is 7.99. The first kappa shape index (κ1) is 14.3. The lowest BCUT2D eigenvalue weighted by molar-refractivity contribution is 0.102. The van der Waals surface area contributed by atoms with Crippen LogP contribution in [0.3, 0.4) is 0 Å². The summed E-state index contributed by atoms with van der Waals surface area (Å²) in [4.78, 5) is 16.2. The van der Waals surface area contributed by atoms with Gasteiger partial charge in [-0.15, -0.1) is 11.3 Å². The normalized spacial score (nSPS) is 11.5. The SMILES string of the molecule is CC(C)(C)c1ccc(C(=O)CSc2nccs2)cc1. The predicted octanol–water partition coefficient (Wildman–Crippen LogP) is 4.42. The average Bonchev–Trinajstić information content (AvgIpc) is 2.88. The van der Waals surface area contributed by atoms with E-state index in [1.54, 1.807) is 17.5 Å². The predicted molar refractivity (Wildman–Crippen MR) is 82.3 cm³/mol. The lowest BCUT2D eigenvalue weighted by atomic mass is 9.86. The Labute approximate surface area is 122 Å². The minimum Gasteiger partial charge on any atom is -0.293 e. The monoisotopic (exact) mass is 291 g/mol. The van der Waals surface area contributed by atoms with E-state index in [2.05, 4.69) is 25.8 Å². The van der Waals surface area contributed by atoms with Crippen LogP contribution in [0.4, 0.5) is 0 Å². The molecule has 0 fully saturated rings. The maximum Gasteiger partial charge on any atom is 0.173 e. The van der Waals surface area contributed by atoms with Gasteiger partial charge < -0.3 is 0 Å². The fourth-order valence-electron chi connectivity index (χ4n) is 1.65. The van der Waals surface area contributed by atoms with Crippen LogP contribution >= 0.6 is 23.1 Å². The van der Waals surface area contributed by atoms with Crippen LogP contribution in [0.1, 0.15) is 36.7 Å². The van der Waals surface area contributed by atoms with Gasteiger partial charge in [0.25, 0.3) is 0 Å². The largest absolute Gasteiger partial charge is 0.293 e. The zero-order valence-electron chi connectivity index (χ0n) is 11.3. The van der Waals surface area contributed by atoms with Crippen molar-refractivity contribution in [2.75, 3.05) is 5.75 Å². The smallest absolute Gasteiger partial charge is 0.173 e. The standard InChI is InChI=1S/C15H17NOS2/c1-15(2,3)12-6-4-11(5-7-12)13(17)10-19-14-16-8-9-18-14/h4-9H,10H2,1-3H3. The summed E-state index contributed by atoms with van der Waals surface area (Å²) >= 11 is 3.06. The fraction of sp³-hybridized carbons (Fsp3) is 0.333. The van der Waals surface area contributed by atoms with Crippen LogP contribution in [0, 0.1) is 0 Å². The minimum atomic E-state index is 0.122. The van der Waals surface area contributed by atoms with Gasteiger partial charge in [-0.3, -0.25) is 4.79 Å². The highest BCUT2D eigenvalue weighted by atomic mass is 32.2. The first-order valence-electron chi connectivity index (χ1n) is 6.13. The Morgan fingerprint density at radius 3 is 2.47 bits per heavy atom. The zero-order valence-corrected chi connectivity index (χ0v) is 13.0. The molecule has 4 heteroatoms. The number of thioether (sulfide) groups is 1. The molecule has 0 saturated carbocycles. The summed E-state index contributed by atoms with van der Waals surface area (Å²) in [5.74, 6) is 0.600. The number of benzene rings is 1. The van der Waals surface area contributed by atoms with E-state index in [1.807, 2.05) is 29.6 Å². The van der Waals surface area contributed by atoms with E-state index >= 15 is 0 Å². The molecule has 1 aromatic heterocycles. The minimum absolute atomic E-state index is 0.122. The van der Waals surface area contributed by atoms with Gasteiger partial charge in [0.05, 0.1) is 5.75 Å². The molecular weight excluding hydrogens is 274 g/mol. The second kappa shape index (κ2) is 5.88. The molecule has 0 bridgehead atoms. The molecule has 1 heterocycles. The van der Waals surface area contributed by atoms with E-state index in [1.165, 1.54) is 17.3 Å². The summed E-state index contributed by atoms with van der Waals surface area (Å²) in [7, 11) is 0. The number of ketones is 1. The van der Waals surface area contributed by atoms with Crippen LogP contribution < -0.4 is 0 Å².